The van der Waals surface area contributed by atoms with Crippen LogP contribution in [0.15, 0.2) is 0 Å². The number of carbonyl (C=O) groups excluding carboxylic acids is 3. The quantitative estimate of drug-likeness (QED) is 0.104. The lowest BCUT2D eigenvalue weighted by atomic mass is 10.0. The van der Waals surface area contributed by atoms with E-state index in [-0.39, 0.29) is 24.5 Å². The van der Waals surface area contributed by atoms with E-state index in [1.807, 2.05) is 13.8 Å². The minimum atomic E-state index is -1.24. The van der Waals surface area contributed by atoms with Gasteiger partial charge in [0.15, 0.2) is 0 Å². The monoisotopic (exact) mass is 463 g/mol. The molecule has 11 nitrogen and oxygen atoms in total. The summed E-state index contributed by atoms with van der Waals surface area (Å²) in [5, 5.41) is 26.1. The number of thiol groups is 1. The predicted octanol–water partition coefficient (Wildman–Crippen LogP) is -1.66. The second-order valence-electron chi connectivity index (χ2n) is 7.88. The van der Waals surface area contributed by atoms with Gasteiger partial charge in [0.05, 0.1) is 6.10 Å². The number of rotatable bonds is 15. The molecule has 0 aliphatic carbocycles. The zero-order valence-corrected chi connectivity index (χ0v) is 19.2. The molecule has 0 saturated carbocycles. The van der Waals surface area contributed by atoms with Gasteiger partial charge in [0.1, 0.15) is 24.2 Å². The van der Waals surface area contributed by atoms with E-state index in [1.54, 1.807) is 0 Å². The van der Waals surface area contributed by atoms with Crippen LogP contribution in [-0.4, -0.2) is 76.5 Å². The smallest absolute Gasteiger partial charge is 0.327 e. The molecule has 0 fully saturated rings. The first-order valence-corrected chi connectivity index (χ1v) is 11.0. The summed E-state index contributed by atoms with van der Waals surface area (Å²) in [6, 6.07) is -4.42. The first-order valence-electron chi connectivity index (χ1n) is 10.3. The van der Waals surface area contributed by atoms with Gasteiger partial charge in [0, 0.05) is 5.75 Å². The third-order valence-electron chi connectivity index (χ3n) is 4.54. The van der Waals surface area contributed by atoms with Crippen LogP contribution in [0.5, 0.6) is 0 Å². The number of carbonyl (C=O) groups is 4. The van der Waals surface area contributed by atoms with E-state index in [1.165, 1.54) is 6.92 Å². The van der Waals surface area contributed by atoms with Crippen molar-refractivity contribution in [2.75, 3.05) is 12.3 Å². The number of carboxylic acid groups (broad SMARTS) is 1. The van der Waals surface area contributed by atoms with Crippen molar-refractivity contribution in [3.05, 3.63) is 0 Å². The molecule has 0 aromatic rings. The van der Waals surface area contributed by atoms with Gasteiger partial charge in [-0.05, 0) is 45.1 Å². The largest absolute Gasteiger partial charge is 0.480 e. The van der Waals surface area contributed by atoms with Crippen LogP contribution in [-0.2, 0) is 19.2 Å². The Morgan fingerprint density at radius 3 is 1.87 bits per heavy atom. The molecule has 0 aromatic carbocycles. The Morgan fingerprint density at radius 1 is 0.903 bits per heavy atom. The summed E-state index contributed by atoms with van der Waals surface area (Å²) in [5.41, 5.74) is 11.1. The van der Waals surface area contributed by atoms with Crippen molar-refractivity contribution in [1.29, 1.82) is 0 Å². The van der Waals surface area contributed by atoms with Crippen molar-refractivity contribution in [2.45, 2.75) is 76.7 Å². The van der Waals surface area contributed by atoms with Crippen LogP contribution in [0.25, 0.3) is 0 Å². The molecule has 0 saturated heterocycles. The normalized spacial score (nSPS) is 16.0. The number of aliphatic hydroxyl groups excluding tert-OH is 1. The van der Waals surface area contributed by atoms with Gasteiger partial charge in [0.25, 0.3) is 0 Å². The number of amides is 3. The number of carboxylic acids is 1. The van der Waals surface area contributed by atoms with Gasteiger partial charge >= 0.3 is 5.97 Å². The minimum absolute atomic E-state index is 0.0178. The zero-order chi connectivity index (χ0) is 24.1. The molecule has 5 atom stereocenters. The average Bonchev–Trinajstić information content (AvgIpc) is 2.68. The Balaban J connectivity index is 5.41. The lowest BCUT2D eigenvalue weighted by molar-refractivity contribution is -0.141. The third kappa shape index (κ3) is 11.3. The molecule has 0 aromatic heterocycles. The molecule has 180 valence electrons. The Morgan fingerprint density at radius 2 is 1.42 bits per heavy atom. The van der Waals surface area contributed by atoms with E-state index >= 15 is 0 Å². The molecular formula is C19H37N5O6S. The van der Waals surface area contributed by atoms with Gasteiger partial charge in [0.2, 0.25) is 17.7 Å². The number of nitrogens with two attached hydrogens (primary N) is 2. The molecule has 5 unspecified atom stereocenters. The molecule has 0 aliphatic rings. The average molecular weight is 464 g/mol. The molecule has 0 radical (unpaired) electrons. The first-order chi connectivity index (χ1) is 14.4. The third-order valence-corrected chi connectivity index (χ3v) is 4.90. The van der Waals surface area contributed by atoms with Gasteiger partial charge in [-0.1, -0.05) is 13.8 Å². The summed E-state index contributed by atoms with van der Waals surface area (Å²) in [6.07, 6.45) is 0.570. The fourth-order valence-corrected chi connectivity index (χ4v) is 2.93. The van der Waals surface area contributed by atoms with Gasteiger partial charge in [-0.2, -0.15) is 12.6 Å². The molecular weight excluding hydrogens is 426 g/mol. The molecule has 9 N–H and O–H groups in total. The minimum Gasteiger partial charge on any atom is -0.480 e. The van der Waals surface area contributed by atoms with E-state index < -0.39 is 54.0 Å². The van der Waals surface area contributed by atoms with Gasteiger partial charge in [-0.25, -0.2) is 4.79 Å². The van der Waals surface area contributed by atoms with E-state index in [0.717, 1.165) is 0 Å². The summed E-state index contributed by atoms with van der Waals surface area (Å²) >= 11 is 3.92. The second-order valence-corrected chi connectivity index (χ2v) is 8.25. The second kappa shape index (κ2) is 15.0. The predicted molar refractivity (Wildman–Crippen MR) is 119 cm³/mol. The number of nitrogens with one attached hydrogen (secondary N) is 3. The fourth-order valence-electron chi connectivity index (χ4n) is 2.68. The maximum Gasteiger partial charge on any atom is 0.327 e. The van der Waals surface area contributed by atoms with Gasteiger partial charge in [-0.15, -0.1) is 0 Å². The van der Waals surface area contributed by atoms with Gasteiger partial charge in [-0.3, -0.25) is 14.4 Å². The van der Waals surface area contributed by atoms with Crippen molar-refractivity contribution in [3.8, 4) is 0 Å². The van der Waals surface area contributed by atoms with Crippen LogP contribution in [0, 0.1) is 5.92 Å². The van der Waals surface area contributed by atoms with Gasteiger partial charge < -0.3 is 37.6 Å². The number of unbranched alkanes of at least 4 members (excludes halogenated alkanes) is 1. The number of aliphatic carboxylic acids is 1. The van der Waals surface area contributed by atoms with E-state index in [9.17, 15) is 24.3 Å². The molecule has 0 heterocycles. The lowest BCUT2D eigenvalue weighted by Crippen LogP contribution is -2.58. The highest BCUT2D eigenvalue weighted by atomic mass is 32.1. The fraction of sp³-hybridized carbons (Fsp3) is 0.789. The highest BCUT2D eigenvalue weighted by Crippen LogP contribution is 2.08. The van der Waals surface area contributed by atoms with Crippen molar-refractivity contribution >= 4 is 36.3 Å². The Labute approximate surface area is 188 Å². The van der Waals surface area contributed by atoms with E-state index in [2.05, 4.69) is 28.6 Å². The van der Waals surface area contributed by atoms with Crippen LogP contribution in [0.1, 0.15) is 46.5 Å². The standard InChI is InChI=1S/C19H37N5O6S/c1-10(2)8-13(17(27)24-14(9-31)19(29)30)23-16(26)12(6-4-5-7-20)22-18(28)15(21)11(3)25/h10-15,25,31H,4-9,20-21H2,1-3H3,(H,22,28)(H,23,26)(H,24,27)(H,29,30). The molecule has 0 bridgehead atoms. The Bertz CT molecular complexity index is 604. The number of aliphatic hydroxyl groups is 1. The van der Waals surface area contributed by atoms with Crippen LogP contribution in [0.4, 0.5) is 0 Å². The number of hydrogen-bond donors (Lipinski definition) is 8. The molecule has 0 aliphatic heterocycles. The maximum atomic E-state index is 12.9. The summed E-state index contributed by atoms with van der Waals surface area (Å²) in [4.78, 5) is 48.9. The summed E-state index contributed by atoms with van der Waals surface area (Å²) < 4.78 is 0. The summed E-state index contributed by atoms with van der Waals surface area (Å²) in [6.45, 7) is 5.47. The van der Waals surface area contributed by atoms with E-state index in [4.69, 9.17) is 16.6 Å². The SMILES string of the molecule is CC(C)CC(NC(=O)C(CCCCN)NC(=O)C(N)C(C)O)C(=O)NC(CS)C(=O)O. The summed E-state index contributed by atoms with van der Waals surface area (Å²) in [5.74, 6) is -3.30. The molecule has 0 rings (SSSR count). The van der Waals surface area contributed by atoms with E-state index in [0.29, 0.717) is 19.4 Å². The van der Waals surface area contributed by atoms with Crippen molar-refractivity contribution < 1.29 is 29.4 Å². The zero-order valence-electron chi connectivity index (χ0n) is 18.3. The summed E-state index contributed by atoms with van der Waals surface area (Å²) in [7, 11) is 0. The van der Waals surface area contributed by atoms with Crippen molar-refractivity contribution in [3.63, 3.8) is 0 Å². The molecule has 3 amide bonds. The lowest BCUT2D eigenvalue weighted by Gasteiger charge is -2.26. The molecule has 0 spiro atoms. The maximum absolute atomic E-state index is 12.9. The van der Waals surface area contributed by atoms with Crippen molar-refractivity contribution in [2.24, 2.45) is 17.4 Å². The van der Waals surface area contributed by atoms with Crippen molar-refractivity contribution in [1.82, 2.24) is 16.0 Å². The van der Waals surface area contributed by atoms with Crippen LogP contribution < -0.4 is 27.4 Å². The Hall–Kier alpha value is -1.89. The van der Waals surface area contributed by atoms with Crippen LogP contribution in [0.2, 0.25) is 0 Å². The Kier molecular flexibility index (Phi) is 14.1. The van der Waals surface area contributed by atoms with Crippen LogP contribution in [0.3, 0.4) is 0 Å². The number of hydrogen-bond acceptors (Lipinski definition) is 8. The highest BCUT2D eigenvalue weighted by Gasteiger charge is 2.30. The topological polar surface area (TPSA) is 197 Å². The molecule has 12 heteroatoms. The highest BCUT2D eigenvalue weighted by molar-refractivity contribution is 7.80. The van der Waals surface area contributed by atoms with Crippen LogP contribution >= 0.6 is 12.6 Å². The molecule has 31 heavy (non-hydrogen) atoms. The first kappa shape index (κ1) is 29.1.